The van der Waals surface area contributed by atoms with Crippen molar-refractivity contribution < 1.29 is 4.79 Å². The molecule has 0 spiro atoms. The van der Waals surface area contributed by atoms with Gasteiger partial charge in [0.2, 0.25) is 0 Å². The van der Waals surface area contributed by atoms with Gasteiger partial charge < -0.3 is 5.73 Å². The predicted octanol–water partition coefficient (Wildman–Crippen LogP) is 3.38. The molecule has 92 valence electrons. The second kappa shape index (κ2) is 4.97. The number of halogens is 2. The summed E-state index contributed by atoms with van der Waals surface area (Å²) >= 11 is 11.7. The molecule has 0 saturated heterocycles. The molecule has 0 radical (unpaired) electrons. The van der Waals surface area contributed by atoms with Crippen molar-refractivity contribution in [1.29, 1.82) is 0 Å². The molecule has 0 bridgehead atoms. The van der Waals surface area contributed by atoms with Crippen LogP contribution in [-0.4, -0.2) is 11.3 Å². The Hall–Kier alpha value is -0.570. The normalized spacial score (nSPS) is 17.6. The summed E-state index contributed by atoms with van der Waals surface area (Å²) in [4.78, 5) is 11.9. The number of Topliss-reactive ketones (excluding diaryl/α,β-unsaturated/α-hetero) is 1. The lowest BCUT2D eigenvalue weighted by Crippen LogP contribution is -2.48. The van der Waals surface area contributed by atoms with E-state index in [4.69, 9.17) is 28.9 Å². The summed E-state index contributed by atoms with van der Waals surface area (Å²) in [5, 5.41) is 1.00. The standard InChI is InChI=1S/C13H15Cl2NO/c14-11-3-2-9(7-12(11)15)6-10(17)8-13(16)4-1-5-13/h2-3,7H,1,4-6,8,16H2. The third kappa shape index (κ3) is 3.21. The summed E-state index contributed by atoms with van der Waals surface area (Å²) < 4.78 is 0. The Morgan fingerprint density at radius 3 is 2.53 bits per heavy atom. The van der Waals surface area contributed by atoms with Crippen LogP contribution in [0.25, 0.3) is 0 Å². The van der Waals surface area contributed by atoms with Crippen LogP contribution in [-0.2, 0) is 11.2 Å². The van der Waals surface area contributed by atoms with Crippen LogP contribution >= 0.6 is 23.2 Å². The molecule has 4 heteroatoms. The largest absolute Gasteiger partial charge is 0.325 e. The Bertz CT molecular complexity index is 441. The van der Waals surface area contributed by atoms with Crippen molar-refractivity contribution in [2.75, 3.05) is 0 Å². The number of nitrogens with two attached hydrogens (primary N) is 1. The Balaban J connectivity index is 1.95. The van der Waals surface area contributed by atoms with E-state index in [-0.39, 0.29) is 11.3 Å². The average molecular weight is 272 g/mol. The first-order chi connectivity index (χ1) is 7.98. The third-order valence-electron chi connectivity index (χ3n) is 3.28. The van der Waals surface area contributed by atoms with Gasteiger partial charge in [0.1, 0.15) is 5.78 Å². The highest BCUT2D eigenvalue weighted by molar-refractivity contribution is 6.42. The van der Waals surface area contributed by atoms with E-state index < -0.39 is 0 Å². The lowest BCUT2D eigenvalue weighted by atomic mass is 9.74. The number of hydrogen-bond acceptors (Lipinski definition) is 2. The number of rotatable bonds is 4. The van der Waals surface area contributed by atoms with E-state index in [1.165, 1.54) is 0 Å². The molecule has 1 aromatic carbocycles. The van der Waals surface area contributed by atoms with Crippen molar-refractivity contribution >= 4 is 29.0 Å². The Morgan fingerprint density at radius 2 is 2.00 bits per heavy atom. The fraction of sp³-hybridized carbons (Fsp3) is 0.462. The first kappa shape index (κ1) is 12.9. The lowest BCUT2D eigenvalue weighted by Gasteiger charge is -2.37. The van der Waals surface area contributed by atoms with Crippen LogP contribution < -0.4 is 5.73 Å². The zero-order valence-electron chi connectivity index (χ0n) is 9.51. The third-order valence-corrected chi connectivity index (χ3v) is 4.02. The highest BCUT2D eigenvalue weighted by Gasteiger charge is 2.34. The van der Waals surface area contributed by atoms with Crippen molar-refractivity contribution in [3.63, 3.8) is 0 Å². The molecule has 0 amide bonds. The number of ketones is 1. The van der Waals surface area contributed by atoms with Gasteiger partial charge in [0.15, 0.2) is 0 Å². The molecular weight excluding hydrogens is 257 g/mol. The van der Waals surface area contributed by atoms with Crippen LogP contribution in [0.3, 0.4) is 0 Å². The summed E-state index contributed by atoms with van der Waals surface area (Å²) in [6, 6.07) is 5.29. The van der Waals surface area contributed by atoms with Crippen molar-refractivity contribution in [1.82, 2.24) is 0 Å². The maximum atomic E-state index is 11.9. The molecule has 0 unspecified atom stereocenters. The molecule has 2 nitrogen and oxygen atoms in total. The van der Waals surface area contributed by atoms with E-state index >= 15 is 0 Å². The number of benzene rings is 1. The van der Waals surface area contributed by atoms with Crippen LogP contribution in [0.5, 0.6) is 0 Å². The zero-order valence-corrected chi connectivity index (χ0v) is 11.0. The summed E-state index contributed by atoms with van der Waals surface area (Å²) in [6.07, 6.45) is 3.90. The van der Waals surface area contributed by atoms with Gasteiger partial charge in [-0.05, 0) is 37.0 Å². The summed E-state index contributed by atoms with van der Waals surface area (Å²) in [7, 11) is 0. The van der Waals surface area contributed by atoms with Gasteiger partial charge in [-0.25, -0.2) is 0 Å². The summed E-state index contributed by atoms with van der Waals surface area (Å²) in [5.74, 6) is 0.172. The monoisotopic (exact) mass is 271 g/mol. The van der Waals surface area contributed by atoms with Gasteiger partial charge in [-0.15, -0.1) is 0 Å². The van der Waals surface area contributed by atoms with Crippen LogP contribution in [0, 0.1) is 0 Å². The van der Waals surface area contributed by atoms with Crippen molar-refractivity contribution in [3.05, 3.63) is 33.8 Å². The van der Waals surface area contributed by atoms with Gasteiger partial charge in [0.25, 0.3) is 0 Å². The molecule has 2 N–H and O–H groups in total. The number of carbonyl (C=O) groups is 1. The van der Waals surface area contributed by atoms with Crippen LogP contribution in [0.15, 0.2) is 18.2 Å². The molecule has 17 heavy (non-hydrogen) atoms. The second-order valence-electron chi connectivity index (χ2n) is 4.86. The SMILES string of the molecule is NC1(CC(=O)Cc2ccc(Cl)c(Cl)c2)CCC1. The minimum atomic E-state index is -0.243. The highest BCUT2D eigenvalue weighted by atomic mass is 35.5. The molecule has 1 aliphatic carbocycles. The van der Waals surface area contributed by atoms with Crippen LogP contribution in [0.1, 0.15) is 31.2 Å². The molecule has 0 aromatic heterocycles. The number of hydrogen-bond donors (Lipinski definition) is 1. The predicted molar refractivity (Wildman–Crippen MR) is 70.6 cm³/mol. The zero-order chi connectivity index (χ0) is 12.5. The molecule has 1 aromatic rings. The van der Waals surface area contributed by atoms with Crippen molar-refractivity contribution in [3.8, 4) is 0 Å². The second-order valence-corrected chi connectivity index (χ2v) is 5.67. The molecule has 1 aliphatic rings. The molecule has 0 aliphatic heterocycles. The van der Waals surface area contributed by atoms with Gasteiger partial charge in [-0.1, -0.05) is 29.3 Å². The van der Waals surface area contributed by atoms with E-state index in [0.29, 0.717) is 22.9 Å². The average Bonchev–Trinajstić information content (AvgIpc) is 2.21. The first-order valence-electron chi connectivity index (χ1n) is 5.73. The summed E-state index contributed by atoms with van der Waals surface area (Å²) in [6.45, 7) is 0. The molecule has 1 fully saturated rings. The fourth-order valence-electron chi connectivity index (χ4n) is 2.14. The van der Waals surface area contributed by atoms with E-state index in [2.05, 4.69) is 0 Å². The summed E-state index contributed by atoms with van der Waals surface area (Å²) in [5.41, 5.74) is 6.70. The van der Waals surface area contributed by atoms with Gasteiger partial charge >= 0.3 is 0 Å². The molecule has 0 atom stereocenters. The van der Waals surface area contributed by atoms with Gasteiger partial charge in [-0.3, -0.25) is 4.79 Å². The lowest BCUT2D eigenvalue weighted by molar-refractivity contribution is -0.120. The Morgan fingerprint density at radius 1 is 1.29 bits per heavy atom. The van der Waals surface area contributed by atoms with Crippen LogP contribution in [0.2, 0.25) is 10.0 Å². The van der Waals surface area contributed by atoms with Gasteiger partial charge in [0.05, 0.1) is 10.0 Å². The van der Waals surface area contributed by atoms with Gasteiger partial charge in [-0.2, -0.15) is 0 Å². The van der Waals surface area contributed by atoms with Crippen molar-refractivity contribution in [2.24, 2.45) is 5.73 Å². The highest BCUT2D eigenvalue weighted by Crippen LogP contribution is 2.32. The Kier molecular flexibility index (Phi) is 3.76. The molecule has 2 rings (SSSR count). The first-order valence-corrected chi connectivity index (χ1v) is 6.49. The topological polar surface area (TPSA) is 43.1 Å². The maximum Gasteiger partial charge on any atom is 0.139 e. The fourth-order valence-corrected chi connectivity index (χ4v) is 2.46. The Labute approximate surface area is 111 Å². The number of carbonyl (C=O) groups excluding carboxylic acids is 1. The molecular formula is C13H15Cl2NO. The van der Waals surface area contributed by atoms with Gasteiger partial charge in [0, 0.05) is 18.4 Å². The maximum absolute atomic E-state index is 11.9. The quantitative estimate of drug-likeness (QED) is 0.913. The van der Waals surface area contributed by atoms with Crippen molar-refractivity contribution in [2.45, 2.75) is 37.6 Å². The van der Waals surface area contributed by atoms with E-state index in [1.807, 2.05) is 6.07 Å². The van der Waals surface area contributed by atoms with E-state index in [1.54, 1.807) is 12.1 Å². The molecule has 1 saturated carbocycles. The van der Waals surface area contributed by atoms with Crippen LogP contribution in [0.4, 0.5) is 0 Å². The minimum Gasteiger partial charge on any atom is -0.325 e. The minimum absolute atomic E-state index is 0.172. The van der Waals surface area contributed by atoms with E-state index in [0.717, 1.165) is 24.8 Å². The smallest absolute Gasteiger partial charge is 0.139 e. The van der Waals surface area contributed by atoms with E-state index in [9.17, 15) is 4.79 Å². The molecule has 0 heterocycles.